The van der Waals surface area contributed by atoms with Crippen LogP contribution in [0.1, 0.15) is 25.8 Å². The molecule has 4 N–H and O–H groups in total. The van der Waals surface area contributed by atoms with Crippen molar-refractivity contribution >= 4 is 23.2 Å². The molecule has 2 aliphatic heterocycles. The first-order chi connectivity index (χ1) is 14.4. The summed E-state index contributed by atoms with van der Waals surface area (Å²) in [5.74, 6) is 0.619. The van der Waals surface area contributed by atoms with Crippen molar-refractivity contribution in [3.05, 3.63) is 48.0 Å². The van der Waals surface area contributed by atoms with Crippen LogP contribution in [0.25, 0.3) is 0 Å². The molecule has 158 valence electrons. The monoisotopic (exact) mass is 410 g/mol. The number of benzene rings is 2. The van der Waals surface area contributed by atoms with Crippen molar-refractivity contribution in [2.24, 2.45) is 11.8 Å². The van der Waals surface area contributed by atoms with Gasteiger partial charge in [-0.15, -0.1) is 0 Å². The fraction of sp³-hybridized carbons (Fsp3) is 0.391. The number of para-hydroxylation sites is 1. The fourth-order valence-electron chi connectivity index (χ4n) is 4.70. The molecule has 0 unspecified atom stereocenters. The summed E-state index contributed by atoms with van der Waals surface area (Å²) in [7, 11) is 3.12. The number of quaternary nitrogens is 1. The smallest absolute Gasteiger partial charge is 0.291 e. The summed E-state index contributed by atoms with van der Waals surface area (Å²) < 4.78 is 10.7. The Balaban J connectivity index is 1.73. The molecule has 2 aromatic rings. The Morgan fingerprint density at radius 1 is 1.20 bits per heavy atom. The van der Waals surface area contributed by atoms with Crippen LogP contribution in [0, 0.1) is 11.8 Å². The van der Waals surface area contributed by atoms with Crippen molar-refractivity contribution in [1.29, 1.82) is 0 Å². The maximum absolute atomic E-state index is 13.6. The van der Waals surface area contributed by atoms with Gasteiger partial charge in [-0.2, -0.15) is 0 Å². The predicted octanol–water partition coefficient (Wildman–Crippen LogP) is 2.10. The van der Waals surface area contributed by atoms with E-state index in [1.54, 1.807) is 32.4 Å². The van der Waals surface area contributed by atoms with Gasteiger partial charge in [-0.25, -0.2) is 0 Å². The van der Waals surface area contributed by atoms with E-state index in [-0.39, 0.29) is 17.9 Å². The first kappa shape index (κ1) is 20.2. The lowest BCUT2D eigenvalue weighted by Gasteiger charge is -2.26. The van der Waals surface area contributed by atoms with E-state index in [0.717, 1.165) is 11.3 Å². The normalized spacial score (nSPS) is 24.6. The first-order valence-electron chi connectivity index (χ1n) is 10.2. The number of amides is 2. The summed E-state index contributed by atoms with van der Waals surface area (Å²) in [6, 6.07) is 13.0. The number of carbonyl (C=O) groups is 2. The molecule has 7 nitrogen and oxygen atoms in total. The molecule has 7 heteroatoms. The van der Waals surface area contributed by atoms with Crippen LogP contribution in [0.3, 0.4) is 0 Å². The zero-order chi connectivity index (χ0) is 21.5. The number of hydrogen-bond acceptors (Lipinski definition) is 4. The molecule has 2 heterocycles. The van der Waals surface area contributed by atoms with E-state index in [9.17, 15) is 9.59 Å². The number of anilines is 2. The third-order valence-corrected chi connectivity index (χ3v) is 6.37. The summed E-state index contributed by atoms with van der Waals surface area (Å²) in [6.45, 7) is 4.25. The van der Waals surface area contributed by atoms with Crippen LogP contribution in [-0.2, 0) is 15.1 Å². The number of fused-ring (bicyclic) bond motifs is 2. The Labute approximate surface area is 176 Å². The van der Waals surface area contributed by atoms with Gasteiger partial charge in [0.1, 0.15) is 17.4 Å². The van der Waals surface area contributed by atoms with E-state index in [0.29, 0.717) is 29.5 Å². The highest BCUT2D eigenvalue weighted by molar-refractivity contribution is 6.09. The third-order valence-electron chi connectivity index (χ3n) is 6.37. The molecule has 4 rings (SSSR count). The first-order valence-corrected chi connectivity index (χ1v) is 10.2. The highest BCUT2D eigenvalue weighted by atomic mass is 16.5. The van der Waals surface area contributed by atoms with E-state index >= 15 is 0 Å². The van der Waals surface area contributed by atoms with Gasteiger partial charge >= 0.3 is 0 Å². The predicted molar refractivity (Wildman–Crippen MR) is 114 cm³/mol. The molecule has 30 heavy (non-hydrogen) atoms. The maximum Gasteiger partial charge on any atom is 0.291 e. The van der Waals surface area contributed by atoms with E-state index in [4.69, 9.17) is 9.47 Å². The molecule has 1 fully saturated rings. The van der Waals surface area contributed by atoms with Crippen molar-refractivity contribution < 1.29 is 24.4 Å². The topological polar surface area (TPSA) is 93.3 Å². The Morgan fingerprint density at radius 3 is 2.67 bits per heavy atom. The second-order valence-corrected chi connectivity index (χ2v) is 8.29. The van der Waals surface area contributed by atoms with E-state index in [1.165, 1.54) is 0 Å². The molecular weight excluding hydrogens is 382 g/mol. The molecule has 3 atom stereocenters. The number of ether oxygens (including phenoxy) is 2. The Bertz CT molecular complexity index is 990. The number of carbonyl (C=O) groups excluding carboxylic acids is 2. The lowest BCUT2D eigenvalue weighted by atomic mass is 9.79. The molecule has 1 spiro atoms. The average Bonchev–Trinajstić information content (AvgIpc) is 3.28. The van der Waals surface area contributed by atoms with Crippen molar-refractivity contribution in [1.82, 2.24) is 0 Å². The van der Waals surface area contributed by atoms with Gasteiger partial charge in [0.15, 0.2) is 0 Å². The van der Waals surface area contributed by atoms with Crippen molar-refractivity contribution in [3.63, 3.8) is 0 Å². The van der Waals surface area contributed by atoms with Gasteiger partial charge in [-0.1, -0.05) is 32.0 Å². The van der Waals surface area contributed by atoms with E-state index < -0.39 is 11.5 Å². The standard InChI is InChI=1S/C23H27N3O4/c1-13(2)18-12-16(21(27)24-19-11-14(29-3)9-10-20(19)30-4)23(26-18)15-7-5-6-8-17(15)25-22(23)28/h5-11,13,16,18,26H,12H2,1-4H3,(H,24,27)(H,25,28)/p+1/t16-,18-,23+/m1/s1. The summed E-state index contributed by atoms with van der Waals surface area (Å²) in [6.07, 6.45) is 0.609. The second-order valence-electron chi connectivity index (χ2n) is 8.29. The number of methoxy groups -OCH3 is 2. The molecule has 0 radical (unpaired) electrons. The second kappa shape index (κ2) is 7.65. The number of nitrogens with two attached hydrogens (primary N) is 1. The minimum absolute atomic E-state index is 0.135. The minimum Gasteiger partial charge on any atom is -0.497 e. The van der Waals surface area contributed by atoms with Crippen molar-refractivity contribution in [3.8, 4) is 11.5 Å². The highest BCUT2D eigenvalue weighted by Crippen LogP contribution is 2.44. The van der Waals surface area contributed by atoms with Gasteiger partial charge in [0, 0.05) is 24.0 Å². The van der Waals surface area contributed by atoms with Crippen LogP contribution >= 0.6 is 0 Å². The number of hydrogen-bond donors (Lipinski definition) is 3. The van der Waals surface area contributed by atoms with Gasteiger partial charge in [0.2, 0.25) is 11.4 Å². The Kier molecular flexibility index (Phi) is 5.15. The van der Waals surface area contributed by atoms with Gasteiger partial charge in [-0.05, 0) is 18.2 Å². The van der Waals surface area contributed by atoms with Gasteiger partial charge in [0.25, 0.3) is 5.91 Å². The molecule has 0 bridgehead atoms. The van der Waals surface area contributed by atoms with Crippen LogP contribution in [0.15, 0.2) is 42.5 Å². The van der Waals surface area contributed by atoms with E-state index in [2.05, 4.69) is 29.8 Å². The molecule has 2 aliphatic rings. The van der Waals surface area contributed by atoms with E-state index in [1.807, 2.05) is 24.3 Å². The lowest BCUT2D eigenvalue weighted by molar-refractivity contribution is -0.736. The molecule has 0 saturated carbocycles. The van der Waals surface area contributed by atoms with Crippen LogP contribution in [0.4, 0.5) is 11.4 Å². The number of nitrogens with one attached hydrogen (secondary N) is 2. The van der Waals surface area contributed by atoms with Crippen molar-refractivity contribution in [2.75, 3.05) is 24.9 Å². The SMILES string of the molecule is COc1ccc(OC)c(NC(=O)[C@H]2C[C@H](C(C)C)[NH2+][C@]23C(=O)Nc2ccccc23)c1. The third kappa shape index (κ3) is 3.10. The Morgan fingerprint density at radius 2 is 1.97 bits per heavy atom. The molecule has 0 aromatic heterocycles. The fourth-order valence-corrected chi connectivity index (χ4v) is 4.70. The van der Waals surface area contributed by atoms with Crippen LogP contribution in [-0.4, -0.2) is 32.1 Å². The summed E-state index contributed by atoms with van der Waals surface area (Å²) in [5, 5.41) is 8.07. The average molecular weight is 410 g/mol. The molecule has 2 aromatic carbocycles. The summed E-state index contributed by atoms with van der Waals surface area (Å²) >= 11 is 0. The lowest BCUT2D eigenvalue weighted by Crippen LogP contribution is -2.99. The van der Waals surface area contributed by atoms with Gasteiger partial charge in [0.05, 0.1) is 31.6 Å². The van der Waals surface area contributed by atoms with Crippen LogP contribution in [0.5, 0.6) is 11.5 Å². The van der Waals surface area contributed by atoms with Gasteiger partial charge < -0.3 is 25.4 Å². The largest absolute Gasteiger partial charge is 0.497 e. The molecule has 2 amide bonds. The highest BCUT2D eigenvalue weighted by Gasteiger charge is 2.64. The molecule has 1 saturated heterocycles. The molecule has 0 aliphatic carbocycles. The molecular formula is C23H28N3O4+. The van der Waals surface area contributed by atoms with Crippen molar-refractivity contribution in [2.45, 2.75) is 31.8 Å². The summed E-state index contributed by atoms with van der Waals surface area (Å²) in [4.78, 5) is 26.8. The minimum atomic E-state index is -0.971. The quantitative estimate of drug-likeness (QED) is 0.704. The summed E-state index contributed by atoms with van der Waals surface area (Å²) in [5.41, 5.74) is 1.20. The van der Waals surface area contributed by atoms with Crippen LogP contribution < -0.4 is 25.4 Å². The zero-order valence-corrected chi connectivity index (χ0v) is 17.7. The maximum atomic E-state index is 13.6. The van der Waals surface area contributed by atoms with Crippen LogP contribution in [0.2, 0.25) is 0 Å². The number of rotatable bonds is 5. The Hall–Kier alpha value is -3.06. The zero-order valence-electron chi connectivity index (χ0n) is 17.7. The van der Waals surface area contributed by atoms with Gasteiger partial charge in [-0.3, -0.25) is 9.59 Å².